The number of esters is 1. The highest BCUT2D eigenvalue weighted by molar-refractivity contribution is 5.94. The third-order valence-electron chi connectivity index (χ3n) is 4.06. The molecule has 1 amide bonds. The van der Waals surface area contributed by atoms with Gasteiger partial charge >= 0.3 is 5.97 Å². The van der Waals surface area contributed by atoms with Crippen LogP contribution in [0, 0.1) is 6.92 Å². The maximum Gasteiger partial charge on any atom is 0.378 e. The number of fused-ring (bicyclic) bond motifs is 1. The Balaban J connectivity index is 1.30. The number of nitrogens with one attached hydrogen (secondary N) is 1. The predicted molar refractivity (Wildman–Crippen MR) is 107 cm³/mol. The van der Waals surface area contributed by atoms with Gasteiger partial charge in [-0.25, -0.2) is 14.3 Å². The number of carbonyl (C=O) groups is 2. The third kappa shape index (κ3) is 4.41. The summed E-state index contributed by atoms with van der Waals surface area (Å²) < 4.78 is 12.1. The molecule has 0 aliphatic carbocycles. The molecule has 0 atom stereocenters. The number of amides is 1. The quantitative estimate of drug-likeness (QED) is 0.493. The standard InChI is InChI=1S/C21H17N5O4/c1-14-11-12-22-21-24-19(25-26(14)21)20(28)29-13-18(27)23-15-7-9-17(10-8-15)30-16-5-3-2-4-6-16/h2-12H,13H2,1H3,(H,23,27). The molecule has 0 saturated heterocycles. The lowest BCUT2D eigenvalue weighted by molar-refractivity contribution is -0.119. The molecule has 2 aromatic heterocycles. The molecule has 2 heterocycles. The number of aromatic nitrogens is 4. The van der Waals surface area contributed by atoms with Gasteiger partial charge in [0, 0.05) is 17.6 Å². The molecule has 1 N–H and O–H groups in total. The summed E-state index contributed by atoms with van der Waals surface area (Å²) in [6.45, 7) is 1.34. The Hall–Kier alpha value is -4.27. The van der Waals surface area contributed by atoms with Gasteiger partial charge in [0.25, 0.3) is 17.5 Å². The fourth-order valence-electron chi connectivity index (χ4n) is 2.62. The Bertz CT molecular complexity index is 1190. The van der Waals surface area contributed by atoms with Crippen LogP contribution in [0.4, 0.5) is 5.69 Å². The van der Waals surface area contributed by atoms with Crippen molar-refractivity contribution in [3.8, 4) is 11.5 Å². The minimum absolute atomic E-state index is 0.160. The van der Waals surface area contributed by atoms with E-state index in [-0.39, 0.29) is 11.6 Å². The molecule has 0 spiro atoms. The molecule has 0 unspecified atom stereocenters. The van der Waals surface area contributed by atoms with Crippen LogP contribution in [0.15, 0.2) is 66.9 Å². The van der Waals surface area contributed by atoms with Crippen molar-refractivity contribution in [3.63, 3.8) is 0 Å². The zero-order valence-electron chi connectivity index (χ0n) is 16.0. The van der Waals surface area contributed by atoms with Gasteiger partial charge in [0.1, 0.15) is 11.5 Å². The summed E-state index contributed by atoms with van der Waals surface area (Å²) in [6.07, 6.45) is 1.57. The number of para-hydroxylation sites is 1. The molecule has 4 aromatic rings. The number of aryl methyl sites for hydroxylation is 1. The average Bonchev–Trinajstić information content (AvgIpc) is 3.20. The molecule has 0 bridgehead atoms. The minimum Gasteiger partial charge on any atom is -0.457 e. The summed E-state index contributed by atoms with van der Waals surface area (Å²) >= 11 is 0. The smallest absolute Gasteiger partial charge is 0.378 e. The first-order valence-corrected chi connectivity index (χ1v) is 9.07. The van der Waals surface area contributed by atoms with E-state index < -0.39 is 18.5 Å². The summed E-state index contributed by atoms with van der Waals surface area (Å²) in [4.78, 5) is 32.2. The lowest BCUT2D eigenvalue weighted by Gasteiger charge is -2.08. The number of carbonyl (C=O) groups excluding carboxylic acids is 2. The molecule has 2 aromatic carbocycles. The van der Waals surface area contributed by atoms with E-state index in [0.717, 1.165) is 5.69 Å². The van der Waals surface area contributed by atoms with E-state index in [2.05, 4.69) is 20.4 Å². The molecule has 0 aliphatic heterocycles. The van der Waals surface area contributed by atoms with E-state index >= 15 is 0 Å². The molecule has 30 heavy (non-hydrogen) atoms. The minimum atomic E-state index is -0.804. The highest BCUT2D eigenvalue weighted by atomic mass is 16.5. The van der Waals surface area contributed by atoms with E-state index in [1.165, 1.54) is 4.52 Å². The second-order valence-electron chi connectivity index (χ2n) is 6.30. The van der Waals surface area contributed by atoms with Gasteiger partial charge in [-0.3, -0.25) is 4.79 Å². The number of hydrogen-bond donors (Lipinski definition) is 1. The van der Waals surface area contributed by atoms with Gasteiger partial charge in [-0.1, -0.05) is 18.2 Å². The summed E-state index contributed by atoms with van der Waals surface area (Å²) in [6, 6.07) is 17.9. The van der Waals surface area contributed by atoms with Gasteiger partial charge in [0.15, 0.2) is 6.61 Å². The Labute approximate surface area is 171 Å². The van der Waals surface area contributed by atoms with Crippen molar-refractivity contribution in [2.75, 3.05) is 11.9 Å². The lowest BCUT2D eigenvalue weighted by Crippen LogP contribution is -2.21. The van der Waals surface area contributed by atoms with E-state index in [9.17, 15) is 9.59 Å². The van der Waals surface area contributed by atoms with Crippen LogP contribution < -0.4 is 10.1 Å². The molecule has 150 valence electrons. The number of benzene rings is 2. The Morgan fingerprint density at radius 2 is 1.73 bits per heavy atom. The summed E-state index contributed by atoms with van der Waals surface area (Å²) in [5.74, 6) is 0.177. The fourth-order valence-corrected chi connectivity index (χ4v) is 2.62. The molecule has 0 saturated carbocycles. The van der Waals surface area contributed by atoms with Crippen molar-refractivity contribution in [2.24, 2.45) is 0 Å². The number of anilines is 1. The van der Waals surface area contributed by atoms with Gasteiger partial charge < -0.3 is 14.8 Å². The van der Waals surface area contributed by atoms with Crippen molar-refractivity contribution in [1.29, 1.82) is 0 Å². The van der Waals surface area contributed by atoms with Gasteiger partial charge in [0.2, 0.25) is 0 Å². The van der Waals surface area contributed by atoms with Gasteiger partial charge in [-0.2, -0.15) is 4.98 Å². The van der Waals surface area contributed by atoms with E-state index in [4.69, 9.17) is 9.47 Å². The average molecular weight is 403 g/mol. The maximum atomic E-state index is 12.1. The van der Waals surface area contributed by atoms with Crippen molar-refractivity contribution >= 4 is 23.3 Å². The van der Waals surface area contributed by atoms with Crippen LogP contribution in [0.3, 0.4) is 0 Å². The molecule has 9 heteroatoms. The number of ether oxygens (including phenoxy) is 2. The molecular weight excluding hydrogens is 386 g/mol. The predicted octanol–water partition coefficient (Wildman–Crippen LogP) is 3.02. The number of rotatable bonds is 6. The molecule has 0 fully saturated rings. The fraction of sp³-hybridized carbons (Fsp3) is 0.0952. The highest BCUT2D eigenvalue weighted by Crippen LogP contribution is 2.22. The van der Waals surface area contributed by atoms with Crippen LogP contribution in [-0.2, 0) is 9.53 Å². The van der Waals surface area contributed by atoms with E-state index in [0.29, 0.717) is 17.2 Å². The summed E-state index contributed by atoms with van der Waals surface area (Å²) in [5.41, 5.74) is 1.31. The summed E-state index contributed by atoms with van der Waals surface area (Å²) in [5, 5.41) is 6.69. The first-order valence-electron chi connectivity index (χ1n) is 9.07. The van der Waals surface area contributed by atoms with Gasteiger partial charge in [-0.15, -0.1) is 5.10 Å². The number of hydrogen-bond acceptors (Lipinski definition) is 7. The van der Waals surface area contributed by atoms with Crippen LogP contribution in [0.5, 0.6) is 11.5 Å². The van der Waals surface area contributed by atoms with E-state index in [1.807, 2.05) is 37.3 Å². The molecule has 0 aliphatic rings. The first kappa shape index (κ1) is 19.1. The molecule has 9 nitrogen and oxygen atoms in total. The second-order valence-corrected chi connectivity index (χ2v) is 6.30. The lowest BCUT2D eigenvalue weighted by atomic mass is 10.3. The van der Waals surface area contributed by atoms with Crippen LogP contribution in [0.2, 0.25) is 0 Å². The van der Waals surface area contributed by atoms with Crippen LogP contribution in [-0.4, -0.2) is 38.1 Å². The van der Waals surface area contributed by atoms with Crippen molar-refractivity contribution in [3.05, 3.63) is 78.4 Å². The van der Waals surface area contributed by atoms with Crippen LogP contribution >= 0.6 is 0 Å². The van der Waals surface area contributed by atoms with Crippen molar-refractivity contribution in [1.82, 2.24) is 19.6 Å². The third-order valence-corrected chi connectivity index (χ3v) is 4.06. The second kappa shape index (κ2) is 8.39. The molecular formula is C21H17N5O4. The molecule has 0 radical (unpaired) electrons. The largest absolute Gasteiger partial charge is 0.457 e. The first-order chi connectivity index (χ1) is 14.6. The van der Waals surface area contributed by atoms with E-state index in [1.54, 1.807) is 36.5 Å². The number of nitrogens with zero attached hydrogens (tertiary/aromatic N) is 4. The van der Waals surface area contributed by atoms with Crippen LogP contribution in [0.1, 0.15) is 16.3 Å². The van der Waals surface area contributed by atoms with Gasteiger partial charge in [-0.05, 0) is 49.4 Å². The zero-order chi connectivity index (χ0) is 20.9. The Kier molecular flexibility index (Phi) is 5.33. The maximum absolute atomic E-state index is 12.1. The Morgan fingerprint density at radius 1 is 1.00 bits per heavy atom. The normalized spacial score (nSPS) is 10.6. The van der Waals surface area contributed by atoms with Gasteiger partial charge in [0.05, 0.1) is 0 Å². The highest BCUT2D eigenvalue weighted by Gasteiger charge is 2.17. The van der Waals surface area contributed by atoms with Crippen molar-refractivity contribution in [2.45, 2.75) is 6.92 Å². The topological polar surface area (TPSA) is 108 Å². The van der Waals surface area contributed by atoms with Crippen LogP contribution in [0.25, 0.3) is 5.78 Å². The summed E-state index contributed by atoms with van der Waals surface area (Å²) in [7, 11) is 0. The molecule has 4 rings (SSSR count). The Morgan fingerprint density at radius 3 is 2.47 bits per heavy atom. The monoisotopic (exact) mass is 403 g/mol. The zero-order valence-corrected chi connectivity index (χ0v) is 16.0. The SMILES string of the molecule is Cc1ccnc2nc(C(=O)OCC(=O)Nc3ccc(Oc4ccccc4)cc3)nn12. The van der Waals surface area contributed by atoms with Crippen molar-refractivity contribution < 1.29 is 19.1 Å².